The number of fused-ring (bicyclic) bond motifs is 1. The van der Waals surface area contributed by atoms with E-state index in [-0.39, 0.29) is 11.9 Å². The minimum absolute atomic E-state index is 0.223. The number of carbonyl (C=O) groups is 2. The Kier molecular flexibility index (Phi) is 2.93. The Labute approximate surface area is 98.9 Å². The average Bonchev–Trinajstić information content (AvgIpc) is 2.68. The van der Waals surface area contributed by atoms with Crippen LogP contribution in [0.1, 0.15) is 11.6 Å². The van der Waals surface area contributed by atoms with Gasteiger partial charge in [0.2, 0.25) is 6.41 Å². The molecule has 2 amide bonds. The molecular weight excluding hydrogens is 218 g/mol. The standard InChI is InChI=1S/C12H13N3O2/c1-2-11(17)15-6-9(13)8-4-3-5-10(12(8)15)14-7-16/h2-5,7,9H,1,6,13H2,(H,14,16). The highest BCUT2D eigenvalue weighted by Gasteiger charge is 2.31. The van der Waals surface area contributed by atoms with Crippen molar-refractivity contribution in [3.63, 3.8) is 0 Å². The fourth-order valence-electron chi connectivity index (χ4n) is 2.04. The summed E-state index contributed by atoms with van der Waals surface area (Å²) >= 11 is 0. The lowest BCUT2D eigenvalue weighted by molar-refractivity contribution is -0.114. The van der Waals surface area contributed by atoms with Crippen LogP contribution in [0.4, 0.5) is 11.4 Å². The fraction of sp³-hybridized carbons (Fsp3) is 0.167. The van der Waals surface area contributed by atoms with E-state index >= 15 is 0 Å². The van der Waals surface area contributed by atoms with Gasteiger partial charge in [0.05, 0.1) is 11.4 Å². The normalized spacial score (nSPS) is 17.5. The largest absolute Gasteiger partial charge is 0.327 e. The smallest absolute Gasteiger partial charge is 0.250 e. The van der Waals surface area contributed by atoms with Crippen molar-refractivity contribution in [2.75, 3.05) is 16.8 Å². The van der Waals surface area contributed by atoms with Crippen molar-refractivity contribution in [2.45, 2.75) is 6.04 Å². The first-order chi connectivity index (χ1) is 8.19. The number of carbonyl (C=O) groups excluding carboxylic acids is 2. The van der Waals surface area contributed by atoms with Crippen molar-refractivity contribution < 1.29 is 9.59 Å². The molecule has 1 unspecified atom stereocenters. The monoisotopic (exact) mass is 231 g/mol. The van der Waals surface area contributed by atoms with Crippen LogP contribution in [0, 0.1) is 0 Å². The van der Waals surface area contributed by atoms with E-state index in [4.69, 9.17) is 5.73 Å². The predicted molar refractivity (Wildman–Crippen MR) is 65.6 cm³/mol. The molecule has 0 fully saturated rings. The molecule has 0 saturated carbocycles. The van der Waals surface area contributed by atoms with Crippen molar-refractivity contribution in [3.05, 3.63) is 36.4 Å². The fourth-order valence-corrected chi connectivity index (χ4v) is 2.04. The van der Waals surface area contributed by atoms with E-state index in [2.05, 4.69) is 11.9 Å². The number of para-hydroxylation sites is 1. The van der Waals surface area contributed by atoms with Gasteiger partial charge in [-0.3, -0.25) is 9.59 Å². The third-order valence-electron chi connectivity index (χ3n) is 2.77. The van der Waals surface area contributed by atoms with E-state index in [0.717, 1.165) is 5.56 Å². The summed E-state index contributed by atoms with van der Waals surface area (Å²) in [6.07, 6.45) is 1.82. The van der Waals surface area contributed by atoms with Crippen molar-refractivity contribution >= 4 is 23.7 Å². The maximum Gasteiger partial charge on any atom is 0.250 e. The van der Waals surface area contributed by atoms with Crippen LogP contribution in [-0.4, -0.2) is 18.9 Å². The lowest BCUT2D eigenvalue weighted by Gasteiger charge is -2.17. The number of nitrogens with two attached hydrogens (primary N) is 1. The van der Waals surface area contributed by atoms with E-state index in [1.165, 1.54) is 11.0 Å². The van der Waals surface area contributed by atoms with Crippen LogP contribution in [0.15, 0.2) is 30.9 Å². The maximum atomic E-state index is 11.7. The molecule has 5 nitrogen and oxygen atoms in total. The van der Waals surface area contributed by atoms with E-state index in [1.54, 1.807) is 12.1 Å². The molecule has 1 heterocycles. The van der Waals surface area contributed by atoms with Crippen LogP contribution in [0.5, 0.6) is 0 Å². The van der Waals surface area contributed by atoms with Crippen molar-refractivity contribution in [1.82, 2.24) is 0 Å². The molecule has 17 heavy (non-hydrogen) atoms. The van der Waals surface area contributed by atoms with Gasteiger partial charge in [0.15, 0.2) is 0 Å². The molecule has 0 saturated heterocycles. The van der Waals surface area contributed by atoms with Crippen molar-refractivity contribution in [2.24, 2.45) is 5.73 Å². The summed E-state index contributed by atoms with van der Waals surface area (Å²) in [7, 11) is 0. The van der Waals surface area contributed by atoms with Gasteiger partial charge >= 0.3 is 0 Å². The summed E-state index contributed by atoms with van der Waals surface area (Å²) in [6.45, 7) is 3.86. The minimum Gasteiger partial charge on any atom is -0.327 e. The van der Waals surface area contributed by atoms with E-state index in [0.29, 0.717) is 24.3 Å². The van der Waals surface area contributed by atoms with Crippen LogP contribution in [0.25, 0.3) is 0 Å². The number of nitrogens with zero attached hydrogens (tertiary/aromatic N) is 1. The Balaban J connectivity index is 2.52. The van der Waals surface area contributed by atoms with Gasteiger partial charge < -0.3 is 16.0 Å². The van der Waals surface area contributed by atoms with E-state index < -0.39 is 0 Å². The molecule has 0 radical (unpaired) electrons. The lowest BCUT2D eigenvalue weighted by atomic mass is 10.1. The van der Waals surface area contributed by atoms with Crippen LogP contribution < -0.4 is 16.0 Å². The summed E-state index contributed by atoms with van der Waals surface area (Å²) < 4.78 is 0. The number of hydrogen-bond donors (Lipinski definition) is 2. The van der Waals surface area contributed by atoms with Gasteiger partial charge in [-0.05, 0) is 17.7 Å². The Bertz CT molecular complexity index is 485. The summed E-state index contributed by atoms with van der Waals surface area (Å²) in [5.41, 5.74) is 8.05. The Morgan fingerprint density at radius 3 is 3.00 bits per heavy atom. The third kappa shape index (κ3) is 1.81. The molecule has 3 N–H and O–H groups in total. The molecule has 1 aromatic rings. The highest BCUT2D eigenvalue weighted by Crippen LogP contribution is 2.39. The number of amides is 2. The summed E-state index contributed by atoms with van der Waals surface area (Å²) in [4.78, 5) is 23.8. The summed E-state index contributed by atoms with van der Waals surface area (Å²) in [5.74, 6) is -0.223. The first-order valence-corrected chi connectivity index (χ1v) is 5.21. The zero-order valence-electron chi connectivity index (χ0n) is 9.22. The molecule has 0 bridgehead atoms. The van der Waals surface area contributed by atoms with Gasteiger partial charge in [-0.1, -0.05) is 18.7 Å². The number of benzene rings is 1. The van der Waals surface area contributed by atoms with Crippen LogP contribution in [0.3, 0.4) is 0 Å². The number of hydrogen-bond acceptors (Lipinski definition) is 3. The zero-order chi connectivity index (χ0) is 12.4. The average molecular weight is 231 g/mol. The van der Waals surface area contributed by atoms with Crippen LogP contribution in [-0.2, 0) is 9.59 Å². The number of anilines is 2. The Morgan fingerprint density at radius 2 is 2.35 bits per heavy atom. The topological polar surface area (TPSA) is 75.4 Å². The molecule has 0 aliphatic carbocycles. The molecule has 1 aliphatic rings. The van der Waals surface area contributed by atoms with Gasteiger partial charge in [-0.25, -0.2) is 0 Å². The quantitative estimate of drug-likeness (QED) is 0.596. The molecule has 0 aromatic heterocycles. The van der Waals surface area contributed by atoms with Gasteiger partial charge in [0.25, 0.3) is 5.91 Å². The molecular formula is C12H13N3O2. The second kappa shape index (κ2) is 4.39. The van der Waals surface area contributed by atoms with Gasteiger partial charge in [0.1, 0.15) is 0 Å². The number of rotatable bonds is 3. The Morgan fingerprint density at radius 1 is 1.59 bits per heavy atom. The highest BCUT2D eigenvalue weighted by atomic mass is 16.2. The van der Waals surface area contributed by atoms with Crippen molar-refractivity contribution in [1.29, 1.82) is 0 Å². The second-order valence-electron chi connectivity index (χ2n) is 3.77. The first kappa shape index (κ1) is 11.3. The predicted octanol–water partition coefficient (Wildman–Crippen LogP) is 0.787. The lowest BCUT2D eigenvalue weighted by Crippen LogP contribution is -2.30. The maximum absolute atomic E-state index is 11.7. The third-order valence-corrected chi connectivity index (χ3v) is 2.77. The highest BCUT2D eigenvalue weighted by molar-refractivity contribution is 6.06. The van der Waals surface area contributed by atoms with Crippen molar-refractivity contribution in [3.8, 4) is 0 Å². The molecule has 1 aromatic carbocycles. The molecule has 1 aliphatic heterocycles. The molecule has 88 valence electrons. The van der Waals surface area contributed by atoms with Gasteiger partial charge in [0, 0.05) is 12.6 Å². The zero-order valence-corrected chi connectivity index (χ0v) is 9.22. The second-order valence-corrected chi connectivity index (χ2v) is 3.77. The van der Waals surface area contributed by atoms with Crippen LogP contribution in [0.2, 0.25) is 0 Å². The molecule has 2 rings (SSSR count). The summed E-state index contributed by atoms with van der Waals surface area (Å²) in [5, 5.41) is 2.57. The van der Waals surface area contributed by atoms with E-state index in [9.17, 15) is 9.59 Å². The SMILES string of the molecule is C=CC(=O)N1CC(N)c2cccc(NC=O)c21. The molecule has 0 spiro atoms. The number of nitrogens with one attached hydrogen (secondary N) is 1. The Hall–Kier alpha value is -2.14. The van der Waals surface area contributed by atoms with E-state index in [1.807, 2.05) is 6.07 Å². The molecule has 1 atom stereocenters. The van der Waals surface area contributed by atoms with Gasteiger partial charge in [-0.2, -0.15) is 0 Å². The summed E-state index contributed by atoms with van der Waals surface area (Å²) in [6, 6.07) is 5.15. The first-order valence-electron chi connectivity index (χ1n) is 5.21. The van der Waals surface area contributed by atoms with Gasteiger partial charge in [-0.15, -0.1) is 0 Å². The van der Waals surface area contributed by atoms with Crippen LogP contribution >= 0.6 is 0 Å². The minimum atomic E-state index is -0.234. The molecule has 5 heteroatoms.